The monoisotopic (exact) mass is 376 g/mol. The van der Waals surface area contributed by atoms with Crippen LogP contribution in [0.15, 0.2) is 24.3 Å². The minimum absolute atomic E-state index is 0.0127. The molecule has 7 heteroatoms. The molecule has 1 fully saturated rings. The lowest BCUT2D eigenvalue weighted by atomic mass is 10.2. The topological polar surface area (TPSA) is 65.1 Å². The molecule has 1 aliphatic heterocycles. The van der Waals surface area contributed by atoms with E-state index in [9.17, 15) is 9.59 Å². The number of hydrogen-bond donors (Lipinski definition) is 1. The first-order chi connectivity index (χ1) is 12.9. The summed E-state index contributed by atoms with van der Waals surface area (Å²) in [6.45, 7) is 6.15. The lowest BCUT2D eigenvalue weighted by Gasteiger charge is -2.27. The van der Waals surface area contributed by atoms with Gasteiger partial charge in [-0.15, -0.1) is 0 Å². The Hall–Kier alpha value is -2.12. The van der Waals surface area contributed by atoms with Crippen molar-refractivity contribution in [2.45, 2.75) is 25.9 Å². The number of likely N-dealkylation sites (N-methyl/N-ethyl adjacent to an activating group) is 1. The second-order valence-electron chi connectivity index (χ2n) is 7.16. The van der Waals surface area contributed by atoms with E-state index in [2.05, 4.69) is 15.1 Å². The van der Waals surface area contributed by atoms with Crippen molar-refractivity contribution >= 4 is 11.8 Å². The molecule has 1 aromatic rings. The van der Waals surface area contributed by atoms with Crippen molar-refractivity contribution in [3.05, 3.63) is 29.8 Å². The third kappa shape index (κ3) is 6.22. The Morgan fingerprint density at radius 1 is 1.19 bits per heavy atom. The van der Waals surface area contributed by atoms with Gasteiger partial charge in [0.1, 0.15) is 5.75 Å². The first-order valence-electron chi connectivity index (χ1n) is 9.48. The van der Waals surface area contributed by atoms with Gasteiger partial charge in [-0.2, -0.15) is 0 Å². The van der Waals surface area contributed by atoms with Gasteiger partial charge in [-0.3, -0.25) is 19.4 Å². The number of amides is 2. The molecule has 27 heavy (non-hydrogen) atoms. The molecule has 1 N–H and O–H groups in total. The van der Waals surface area contributed by atoms with Gasteiger partial charge in [-0.05, 0) is 26.0 Å². The van der Waals surface area contributed by atoms with Gasteiger partial charge in [0.2, 0.25) is 11.8 Å². The number of nitrogens with zero attached hydrogens (tertiary/aromatic N) is 3. The zero-order chi connectivity index (χ0) is 19.8. The number of para-hydroxylation sites is 1. The normalized spacial score (nSPS) is 17.0. The second kappa shape index (κ2) is 10.3. The molecule has 7 nitrogen and oxygen atoms in total. The van der Waals surface area contributed by atoms with Gasteiger partial charge in [-0.1, -0.05) is 18.2 Å². The molecule has 1 aliphatic rings. The highest BCUT2D eigenvalue weighted by Gasteiger charge is 2.25. The molecule has 1 atom stereocenters. The van der Waals surface area contributed by atoms with Crippen LogP contribution in [0.3, 0.4) is 0 Å². The Balaban J connectivity index is 1.84. The first-order valence-corrected chi connectivity index (χ1v) is 9.48. The smallest absolute Gasteiger partial charge is 0.237 e. The molecule has 1 aromatic carbocycles. The van der Waals surface area contributed by atoms with E-state index in [1.165, 1.54) is 0 Å². The fraction of sp³-hybridized carbons (Fsp3) is 0.600. The maximum absolute atomic E-state index is 12.6. The van der Waals surface area contributed by atoms with Gasteiger partial charge in [-0.25, -0.2) is 0 Å². The number of methoxy groups -OCH3 is 1. The number of nitrogens with one attached hydrogen (secondary N) is 1. The van der Waals surface area contributed by atoms with E-state index in [-0.39, 0.29) is 17.9 Å². The van der Waals surface area contributed by atoms with E-state index in [4.69, 9.17) is 4.74 Å². The first kappa shape index (κ1) is 21.2. The van der Waals surface area contributed by atoms with Gasteiger partial charge in [0.25, 0.3) is 0 Å². The summed E-state index contributed by atoms with van der Waals surface area (Å²) >= 11 is 0. The molecule has 0 aromatic heterocycles. The molecule has 0 bridgehead atoms. The van der Waals surface area contributed by atoms with Crippen LogP contribution >= 0.6 is 0 Å². The van der Waals surface area contributed by atoms with Crippen LogP contribution in [0.5, 0.6) is 5.75 Å². The predicted molar refractivity (Wildman–Crippen MR) is 106 cm³/mol. The summed E-state index contributed by atoms with van der Waals surface area (Å²) < 4.78 is 5.33. The molecule has 2 amide bonds. The standard InChI is InChI=1S/C20H32N4O3/c1-16(20(26)21-14-17-8-5-6-9-18(17)27-4)24-11-7-10-23(12-13-24)15-19(25)22(2)3/h5-6,8-9,16H,7,10-15H2,1-4H3,(H,21,26). The minimum atomic E-state index is -0.204. The number of benzene rings is 1. The fourth-order valence-electron chi connectivity index (χ4n) is 3.21. The van der Waals surface area contributed by atoms with Crippen LogP contribution in [0.4, 0.5) is 0 Å². The highest BCUT2D eigenvalue weighted by atomic mass is 16.5. The Bertz CT molecular complexity index is 635. The van der Waals surface area contributed by atoms with Gasteiger partial charge in [0.05, 0.1) is 19.7 Å². The van der Waals surface area contributed by atoms with Crippen LogP contribution in [-0.4, -0.2) is 86.5 Å². The maximum atomic E-state index is 12.6. The van der Waals surface area contributed by atoms with E-state index < -0.39 is 0 Å². The van der Waals surface area contributed by atoms with E-state index in [1.54, 1.807) is 26.1 Å². The average molecular weight is 377 g/mol. The highest BCUT2D eigenvalue weighted by Crippen LogP contribution is 2.17. The van der Waals surface area contributed by atoms with E-state index in [0.29, 0.717) is 13.1 Å². The van der Waals surface area contributed by atoms with Crippen molar-refractivity contribution < 1.29 is 14.3 Å². The van der Waals surface area contributed by atoms with Crippen molar-refractivity contribution in [2.24, 2.45) is 0 Å². The average Bonchev–Trinajstić information content (AvgIpc) is 2.91. The number of carbonyl (C=O) groups excluding carboxylic acids is 2. The van der Waals surface area contributed by atoms with Crippen LogP contribution < -0.4 is 10.1 Å². The van der Waals surface area contributed by atoms with Crippen molar-refractivity contribution in [3.8, 4) is 5.75 Å². The van der Waals surface area contributed by atoms with Crippen LogP contribution in [0, 0.1) is 0 Å². The van der Waals surface area contributed by atoms with Crippen molar-refractivity contribution in [2.75, 3.05) is 53.9 Å². The Kier molecular flexibility index (Phi) is 8.06. The van der Waals surface area contributed by atoms with Crippen molar-refractivity contribution in [1.82, 2.24) is 20.0 Å². The molecular formula is C20H32N4O3. The lowest BCUT2D eigenvalue weighted by Crippen LogP contribution is -2.46. The Morgan fingerprint density at radius 2 is 1.93 bits per heavy atom. The summed E-state index contributed by atoms with van der Waals surface area (Å²) in [5.74, 6) is 0.909. The minimum Gasteiger partial charge on any atom is -0.496 e. The SMILES string of the molecule is COc1ccccc1CNC(=O)C(C)N1CCCN(CC(=O)N(C)C)CC1. The molecule has 0 aliphatic carbocycles. The zero-order valence-electron chi connectivity index (χ0n) is 16.9. The largest absolute Gasteiger partial charge is 0.496 e. The van der Waals surface area contributed by atoms with Crippen molar-refractivity contribution in [3.63, 3.8) is 0 Å². The predicted octanol–water partition coefficient (Wildman–Crippen LogP) is 0.796. The molecule has 0 saturated carbocycles. The molecule has 2 rings (SSSR count). The zero-order valence-corrected chi connectivity index (χ0v) is 16.9. The van der Waals surface area contributed by atoms with Crippen LogP contribution in [0.1, 0.15) is 18.9 Å². The summed E-state index contributed by atoms with van der Waals surface area (Å²) in [4.78, 5) is 30.5. The third-order valence-electron chi connectivity index (χ3n) is 5.05. The number of hydrogen-bond acceptors (Lipinski definition) is 5. The lowest BCUT2D eigenvalue weighted by molar-refractivity contribution is -0.130. The van der Waals surface area contributed by atoms with Gasteiger partial charge < -0.3 is 15.0 Å². The number of ether oxygens (including phenoxy) is 1. The molecule has 1 heterocycles. The molecule has 1 saturated heterocycles. The van der Waals surface area contributed by atoms with E-state index in [0.717, 1.165) is 43.9 Å². The van der Waals surface area contributed by atoms with Crippen LogP contribution in [-0.2, 0) is 16.1 Å². The molecular weight excluding hydrogens is 344 g/mol. The highest BCUT2D eigenvalue weighted by molar-refractivity contribution is 5.81. The molecule has 0 radical (unpaired) electrons. The number of carbonyl (C=O) groups is 2. The van der Waals surface area contributed by atoms with Gasteiger partial charge in [0.15, 0.2) is 0 Å². The summed E-state index contributed by atoms with van der Waals surface area (Å²) in [5.41, 5.74) is 0.963. The molecule has 0 spiro atoms. The Morgan fingerprint density at radius 3 is 2.63 bits per heavy atom. The second-order valence-corrected chi connectivity index (χ2v) is 7.16. The van der Waals surface area contributed by atoms with Crippen molar-refractivity contribution in [1.29, 1.82) is 0 Å². The fourth-order valence-corrected chi connectivity index (χ4v) is 3.21. The number of rotatable bonds is 7. The van der Waals surface area contributed by atoms with Gasteiger partial charge in [0, 0.05) is 45.8 Å². The maximum Gasteiger partial charge on any atom is 0.237 e. The Labute approximate surface area is 162 Å². The quantitative estimate of drug-likeness (QED) is 0.762. The molecule has 1 unspecified atom stereocenters. The summed E-state index contributed by atoms with van der Waals surface area (Å²) in [7, 11) is 5.19. The van der Waals surface area contributed by atoms with Crippen LogP contribution in [0.2, 0.25) is 0 Å². The van der Waals surface area contributed by atoms with E-state index >= 15 is 0 Å². The molecule has 150 valence electrons. The van der Waals surface area contributed by atoms with Crippen LogP contribution in [0.25, 0.3) is 0 Å². The van der Waals surface area contributed by atoms with Gasteiger partial charge >= 0.3 is 0 Å². The van der Waals surface area contributed by atoms with E-state index in [1.807, 2.05) is 31.2 Å². The summed E-state index contributed by atoms with van der Waals surface area (Å²) in [6.07, 6.45) is 0.949. The summed E-state index contributed by atoms with van der Waals surface area (Å²) in [6, 6.07) is 7.49. The third-order valence-corrected chi connectivity index (χ3v) is 5.05. The summed E-state index contributed by atoms with van der Waals surface area (Å²) in [5, 5.41) is 3.01.